The Bertz CT molecular complexity index is 861. The molecule has 4 atom stereocenters. The van der Waals surface area contributed by atoms with E-state index in [1.807, 2.05) is 19.9 Å². The number of carboxylic acid groups (broad SMARTS) is 1. The van der Waals surface area contributed by atoms with Gasteiger partial charge in [-0.2, -0.15) is 0 Å². The van der Waals surface area contributed by atoms with Gasteiger partial charge in [-0.1, -0.05) is 44.2 Å². The molecule has 0 aliphatic heterocycles. The van der Waals surface area contributed by atoms with Crippen LogP contribution in [0, 0.1) is 5.92 Å². The molecule has 0 fully saturated rings. The molecule has 11 heteroatoms. The molecule has 11 nitrogen and oxygen atoms in total. The topological polar surface area (TPSA) is 194 Å². The molecule has 8 N–H and O–H groups in total. The highest BCUT2D eigenvalue weighted by atomic mass is 16.4. The number of nitrogens with two attached hydrogens (primary N) is 2. The molecule has 0 aliphatic carbocycles. The number of rotatable bonds is 14. The van der Waals surface area contributed by atoms with Crippen molar-refractivity contribution in [3.8, 4) is 0 Å². The molecule has 4 amide bonds. The van der Waals surface area contributed by atoms with E-state index in [2.05, 4.69) is 16.0 Å². The third-order valence-electron chi connectivity index (χ3n) is 5.02. The standard InChI is InChI=1S/C23H35N5O6/c1-13(2)11-16(24)20(30)28-18(12-15-7-5-4-6-8-15)22(32)27-17(9-10-19(25)29)21(31)26-14(3)23(33)34/h4-8,13-14,16-18H,9-12,24H2,1-3H3,(H2,25,29)(H,26,31)(H,27,32)(H,28,30)(H,33,34). The number of hydrogen-bond donors (Lipinski definition) is 6. The Hall–Kier alpha value is -3.47. The predicted molar refractivity (Wildman–Crippen MR) is 125 cm³/mol. The molecule has 1 aromatic rings. The van der Waals surface area contributed by atoms with Gasteiger partial charge in [0.25, 0.3) is 0 Å². The summed E-state index contributed by atoms with van der Waals surface area (Å²) in [6.07, 6.45) is 0.192. The average Bonchev–Trinajstić information content (AvgIpc) is 2.75. The van der Waals surface area contributed by atoms with E-state index >= 15 is 0 Å². The second-order valence-corrected chi connectivity index (χ2v) is 8.62. The fraction of sp³-hybridized carbons (Fsp3) is 0.522. The summed E-state index contributed by atoms with van der Waals surface area (Å²) in [6, 6.07) is 4.61. The Morgan fingerprint density at radius 1 is 0.882 bits per heavy atom. The highest BCUT2D eigenvalue weighted by Gasteiger charge is 2.30. The predicted octanol–water partition coefficient (Wildman–Crippen LogP) is -0.573. The lowest BCUT2D eigenvalue weighted by atomic mass is 10.0. The van der Waals surface area contributed by atoms with Gasteiger partial charge >= 0.3 is 5.97 Å². The second kappa shape index (κ2) is 13.9. The number of nitrogens with one attached hydrogen (secondary N) is 3. The van der Waals surface area contributed by atoms with Crippen LogP contribution in [0.25, 0.3) is 0 Å². The summed E-state index contributed by atoms with van der Waals surface area (Å²) in [5, 5.41) is 16.5. The molecule has 0 heterocycles. The number of amides is 4. The van der Waals surface area contributed by atoms with Crippen LogP contribution in [0.1, 0.15) is 45.6 Å². The van der Waals surface area contributed by atoms with Crippen LogP contribution in [-0.2, 0) is 30.4 Å². The van der Waals surface area contributed by atoms with Crippen molar-refractivity contribution in [3.63, 3.8) is 0 Å². The van der Waals surface area contributed by atoms with E-state index in [1.165, 1.54) is 6.92 Å². The smallest absolute Gasteiger partial charge is 0.325 e. The molecule has 0 saturated heterocycles. The van der Waals surface area contributed by atoms with E-state index in [0.29, 0.717) is 6.42 Å². The zero-order chi connectivity index (χ0) is 25.8. The summed E-state index contributed by atoms with van der Waals surface area (Å²) in [5.41, 5.74) is 11.9. The molecular weight excluding hydrogens is 442 g/mol. The monoisotopic (exact) mass is 477 g/mol. The van der Waals surface area contributed by atoms with E-state index < -0.39 is 53.8 Å². The first-order chi connectivity index (χ1) is 15.9. The van der Waals surface area contributed by atoms with Crippen molar-refractivity contribution in [2.45, 2.75) is 70.6 Å². The average molecular weight is 478 g/mol. The summed E-state index contributed by atoms with van der Waals surface area (Å²) < 4.78 is 0. The number of carboxylic acids is 1. The van der Waals surface area contributed by atoms with E-state index in [-0.39, 0.29) is 25.2 Å². The van der Waals surface area contributed by atoms with Crippen molar-refractivity contribution in [2.24, 2.45) is 17.4 Å². The van der Waals surface area contributed by atoms with Crippen LogP contribution < -0.4 is 27.4 Å². The molecule has 4 unspecified atom stereocenters. The minimum atomic E-state index is -1.26. The number of carbonyl (C=O) groups is 5. The zero-order valence-electron chi connectivity index (χ0n) is 19.7. The number of primary amides is 1. The van der Waals surface area contributed by atoms with Crippen molar-refractivity contribution in [1.29, 1.82) is 0 Å². The maximum Gasteiger partial charge on any atom is 0.325 e. The Kier molecular flexibility index (Phi) is 11.7. The molecule has 0 radical (unpaired) electrons. The van der Waals surface area contributed by atoms with Crippen LogP contribution in [0.5, 0.6) is 0 Å². The van der Waals surface area contributed by atoms with Crippen LogP contribution >= 0.6 is 0 Å². The minimum Gasteiger partial charge on any atom is -0.480 e. The molecule has 0 saturated carbocycles. The number of aliphatic carboxylic acids is 1. The van der Waals surface area contributed by atoms with Gasteiger partial charge in [0, 0.05) is 12.8 Å². The highest BCUT2D eigenvalue weighted by Crippen LogP contribution is 2.08. The van der Waals surface area contributed by atoms with Crippen LogP contribution in [0.4, 0.5) is 0 Å². The van der Waals surface area contributed by atoms with Gasteiger partial charge in [-0.25, -0.2) is 0 Å². The van der Waals surface area contributed by atoms with Crippen molar-refractivity contribution >= 4 is 29.6 Å². The molecule has 0 bridgehead atoms. The van der Waals surface area contributed by atoms with Gasteiger partial charge in [-0.05, 0) is 31.2 Å². The Morgan fingerprint density at radius 2 is 1.44 bits per heavy atom. The molecule has 1 aromatic carbocycles. The van der Waals surface area contributed by atoms with Gasteiger partial charge in [0.15, 0.2) is 0 Å². The molecule has 0 aliphatic rings. The highest BCUT2D eigenvalue weighted by molar-refractivity contribution is 5.94. The summed E-state index contributed by atoms with van der Waals surface area (Å²) in [7, 11) is 0. The number of hydrogen-bond acceptors (Lipinski definition) is 6. The van der Waals surface area contributed by atoms with Crippen molar-refractivity contribution < 1.29 is 29.1 Å². The van der Waals surface area contributed by atoms with Crippen LogP contribution in [0.2, 0.25) is 0 Å². The lowest BCUT2D eigenvalue weighted by molar-refractivity contribution is -0.142. The summed E-state index contributed by atoms with van der Waals surface area (Å²) in [5.74, 6) is -3.76. The van der Waals surface area contributed by atoms with E-state index in [1.54, 1.807) is 24.3 Å². The van der Waals surface area contributed by atoms with Crippen LogP contribution in [-0.4, -0.2) is 58.9 Å². The second-order valence-electron chi connectivity index (χ2n) is 8.62. The van der Waals surface area contributed by atoms with Gasteiger partial charge in [0.05, 0.1) is 6.04 Å². The molecule has 0 spiro atoms. The molecule has 1 rings (SSSR count). The van der Waals surface area contributed by atoms with Gasteiger partial charge in [0.1, 0.15) is 18.1 Å². The molecular formula is C23H35N5O6. The van der Waals surface area contributed by atoms with Gasteiger partial charge in [-0.15, -0.1) is 0 Å². The van der Waals surface area contributed by atoms with Crippen molar-refractivity contribution in [3.05, 3.63) is 35.9 Å². The summed E-state index contributed by atoms with van der Waals surface area (Å²) in [4.78, 5) is 60.7. The summed E-state index contributed by atoms with van der Waals surface area (Å²) >= 11 is 0. The normalized spacial score (nSPS) is 14.4. The number of carbonyl (C=O) groups excluding carboxylic acids is 4. The van der Waals surface area contributed by atoms with Crippen molar-refractivity contribution in [1.82, 2.24) is 16.0 Å². The minimum absolute atomic E-state index is 0.127. The number of benzene rings is 1. The SMILES string of the molecule is CC(C)CC(N)C(=O)NC(Cc1ccccc1)C(=O)NC(CCC(N)=O)C(=O)NC(C)C(=O)O. The summed E-state index contributed by atoms with van der Waals surface area (Å²) in [6.45, 7) is 5.10. The first kappa shape index (κ1) is 28.6. The lowest BCUT2D eigenvalue weighted by Gasteiger charge is -2.25. The van der Waals surface area contributed by atoms with E-state index in [0.717, 1.165) is 5.56 Å². The fourth-order valence-electron chi connectivity index (χ4n) is 3.16. The Morgan fingerprint density at radius 3 is 1.97 bits per heavy atom. The Balaban J connectivity index is 3.07. The van der Waals surface area contributed by atoms with Crippen molar-refractivity contribution in [2.75, 3.05) is 0 Å². The third-order valence-corrected chi connectivity index (χ3v) is 5.02. The third kappa shape index (κ3) is 10.4. The molecule has 188 valence electrons. The van der Waals surface area contributed by atoms with Crippen LogP contribution in [0.15, 0.2) is 30.3 Å². The quantitative estimate of drug-likeness (QED) is 0.206. The maximum absolute atomic E-state index is 13.1. The Labute approximate surface area is 199 Å². The molecule has 34 heavy (non-hydrogen) atoms. The molecule has 0 aromatic heterocycles. The fourth-order valence-corrected chi connectivity index (χ4v) is 3.16. The van der Waals surface area contributed by atoms with Gasteiger partial charge in [0.2, 0.25) is 23.6 Å². The lowest BCUT2D eigenvalue weighted by Crippen LogP contribution is -2.57. The zero-order valence-corrected chi connectivity index (χ0v) is 19.7. The largest absolute Gasteiger partial charge is 0.480 e. The maximum atomic E-state index is 13.1. The van der Waals surface area contributed by atoms with E-state index in [4.69, 9.17) is 16.6 Å². The van der Waals surface area contributed by atoms with Gasteiger partial charge in [-0.3, -0.25) is 24.0 Å². The first-order valence-corrected chi connectivity index (χ1v) is 11.1. The van der Waals surface area contributed by atoms with Gasteiger partial charge < -0.3 is 32.5 Å². The van der Waals surface area contributed by atoms with E-state index in [9.17, 15) is 24.0 Å². The first-order valence-electron chi connectivity index (χ1n) is 11.1. The van der Waals surface area contributed by atoms with Crippen LogP contribution in [0.3, 0.4) is 0 Å².